The molecule has 7 aliphatic heterocycles. The lowest BCUT2D eigenvalue weighted by Crippen LogP contribution is -2.70. The van der Waals surface area contributed by atoms with E-state index in [-0.39, 0.29) is 30.4 Å². The highest BCUT2D eigenvalue weighted by Gasteiger charge is 2.57. The summed E-state index contributed by atoms with van der Waals surface area (Å²) in [5.41, 5.74) is 12.9. The third-order valence-corrected chi connectivity index (χ3v) is 18.8. The van der Waals surface area contributed by atoms with Crippen LogP contribution in [0.4, 0.5) is 0 Å². The maximum absolute atomic E-state index is 15.2. The van der Waals surface area contributed by atoms with E-state index in [4.69, 9.17) is 44.6 Å². The molecule has 7 heterocycles. The van der Waals surface area contributed by atoms with Gasteiger partial charge in [0.05, 0.1) is 58.1 Å². The number of hydrogen-bond donors (Lipinski definition) is 21. The van der Waals surface area contributed by atoms with Crippen molar-refractivity contribution in [3.05, 3.63) is 65.7 Å². The number of nitrogens with two attached hydrogens (primary N) is 2. The van der Waals surface area contributed by atoms with Crippen LogP contribution in [0, 0.1) is 0 Å². The molecule has 0 radical (unpaired) electrons. The van der Waals surface area contributed by atoms with Gasteiger partial charge in [0.2, 0.25) is 41.7 Å². The summed E-state index contributed by atoms with van der Waals surface area (Å²) in [7, 11) is 0. The predicted octanol–water partition coefficient (Wildman–Crippen LogP) is -10.9. The summed E-state index contributed by atoms with van der Waals surface area (Å²) in [6, 6.07) is 1.10. The first kappa shape index (κ1) is 72.6. The van der Waals surface area contributed by atoms with Crippen molar-refractivity contribution in [2.24, 2.45) is 21.5 Å². The number of benzene rings is 2. The Morgan fingerprint density at radius 1 is 0.629 bits per heavy atom. The number of guanidine groups is 2. The number of ether oxygens (including phenoxy) is 7. The summed E-state index contributed by atoms with van der Waals surface area (Å²) in [6.07, 6.45) is -25.4. The molecule has 6 fully saturated rings. The highest BCUT2D eigenvalue weighted by Crippen LogP contribution is 2.42. The van der Waals surface area contributed by atoms with Gasteiger partial charge < -0.3 is 148 Å². The standard InChI is InChI=1S/C60H86N12O25/c1-24(26-8-4-2-5-9-26)36-52(88)66-28(16-25-10-12-27(13-11-25)92-56-46(84)43(81)48(33(22-75)94-56)96-57-47(85)44(82)49-34(95-57)23-91-60(97-49)14-6-3-7-15-60)51(87)70-37(39(77)29-17-64-58(61)68-29)54(90)71-38(53(89)67-30(20-73)50(86)63-19-35(76)69-36)40(78)31-18-65-59(62)72(31)55-45(83)42(80)41(79)32(21-74)93-55/h2,4-5,8-13,24,28-34,36-49,55-57,73-75,77-85H,3,6-7,14-23H2,1H3,(H2,62,65)(H,63,86)(H,66,88)(H,67,89)(H,69,76)(H,70,87)(H,71,90)(H3,61,64,68)/t24-,28+,29-,30-,31-,32+,33+,34+,36-,37-,38+,39-,40-,41+,42-,43+,44+,45-,46-,47-,48+,49+,55-,56-,57+/m0/s1. The number of aliphatic hydroxyl groups is 12. The Labute approximate surface area is 553 Å². The Morgan fingerprint density at radius 3 is 1.95 bits per heavy atom. The maximum atomic E-state index is 15.2. The summed E-state index contributed by atoms with van der Waals surface area (Å²) >= 11 is 0. The molecule has 2 aromatic rings. The molecule has 0 aromatic heterocycles. The lowest BCUT2D eigenvalue weighted by Gasteiger charge is -2.52. The second-order valence-electron chi connectivity index (χ2n) is 25.3. The number of hydrogen-bond acceptors (Lipinski definition) is 31. The Bertz CT molecular complexity index is 3140. The summed E-state index contributed by atoms with van der Waals surface area (Å²) < 4.78 is 41.8. The molecule has 5 saturated heterocycles. The SMILES string of the molecule is C[C@@H](c1ccccc1)[C@@H]1NC(=O)CNC(=O)[C@H](CO)NC(=O)[C@@H]([C@@H](O)[C@@H]2CN=C(N)N2[C@H]2O[C@H](CO)[C@@H](O)[C@H](O)[C@@H]2O)NC(=O)[C@H]([C@@H](O)[C@@H]2CN=C(N)N2)NC(=O)[C@@H](Cc2ccc(O[C@H]3O[C@H](CO)[C@@H](O[C@H]4O[C@@H]5COC6(CCCCC6)O[C@H]5[C@H](O)[C@@H]4O)[C@H](O)[C@@H]3O)cc2)NC1=O. The second-order valence-corrected chi connectivity index (χ2v) is 25.3. The molecule has 10 rings (SSSR count). The van der Waals surface area contributed by atoms with Crippen LogP contribution in [0.3, 0.4) is 0 Å². The number of nitrogens with zero attached hydrogens (tertiary/aromatic N) is 3. The molecule has 37 nitrogen and oxygen atoms in total. The van der Waals surface area contributed by atoms with E-state index in [1.54, 1.807) is 37.3 Å². The van der Waals surface area contributed by atoms with Gasteiger partial charge in [-0.1, -0.05) is 55.8 Å². The number of amides is 6. The van der Waals surface area contributed by atoms with Crippen LogP contribution in [0.2, 0.25) is 0 Å². The van der Waals surface area contributed by atoms with Crippen molar-refractivity contribution in [2.45, 2.75) is 204 Å². The molecule has 0 unspecified atom stereocenters. The molecule has 37 heteroatoms. The van der Waals surface area contributed by atoms with Crippen molar-refractivity contribution < 1.29 is 123 Å². The molecule has 1 spiro atoms. The fourth-order valence-electron chi connectivity index (χ4n) is 13.2. The van der Waals surface area contributed by atoms with Crippen LogP contribution in [0.5, 0.6) is 5.75 Å². The largest absolute Gasteiger partial charge is 0.462 e. The van der Waals surface area contributed by atoms with Crippen molar-refractivity contribution in [3.8, 4) is 5.75 Å². The zero-order chi connectivity index (χ0) is 69.7. The van der Waals surface area contributed by atoms with Gasteiger partial charge in [0.15, 0.2) is 30.2 Å². The Kier molecular flexibility index (Phi) is 23.5. The maximum Gasteiger partial charge on any atom is 0.246 e. The molecular weight excluding hydrogens is 1290 g/mol. The number of carbonyl (C=O) groups is 6. The molecule has 97 heavy (non-hydrogen) atoms. The molecule has 6 amide bonds. The van der Waals surface area contributed by atoms with Gasteiger partial charge in [-0.05, 0) is 36.1 Å². The molecule has 1 saturated carbocycles. The van der Waals surface area contributed by atoms with Gasteiger partial charge in [0.25, 0.3) is 0 Å². The van der Waals surface area contributed by atoms with Gasteiger partial charge in [0, 0.05) is 25.2 Å². The van der Waals surface area contributed by atoms with Crippen molar-refractivity contribution in [1.29, 1.82) is 0 Å². The van der Waals surface area contributed by atoms with Crippen LogP contribution in [0.25, 0.3) is 0 Å². The average Bonchev–Trinajstić information content (AvgIpc) is 1.76. The second kappa shape index (κ2) is 31.4. The van der Waals surface area contributed by atoms with Crippen LogP contribution in [-0.4, -0.2) is 312 Å². The van der Waals surface area contributed by atoms with Crippen molar-refractivity contribution in [2.75, 3.05) is 46.1 Å². The minimum Gasteiger partial charge on any atom is -0.462 e. The summed E-state index contributed by atoms with van der Waals surface area (Å²) in [5.74, 6) is -9.78. The topological polar surface area (TPSA) is 574 Å². The number of carbonyl (C=O) groups excluding carboxylic acids is 6. The monoisotopic (exact) mass is 1370 g/mol. The predicted molar refractivity (Wildman–Crippen MR) is 327 cm³/mol. The number of fused-ring (bicyclic) bond motifs is 1. The molecule has 0 bridgehead atoms. The van der Waals surface area contributed by atoms with Crippen molar-refractivity contribution >= 4 is 47.4 Å². The Morgan fingerprint density at radius 2 is 1.28 bits per heavy atom. The number of aliphatic imine (C=N–C) groups is 2. The van der Waals surface area contributed by atoms with E-state index in [1.165, 1.54) is 24.3 Å². The lowest BCUT2D eigenvalue weighted by atomic mass is 9.90. The van der Waals surface area contributed by atoms with Crippen LogP contribution in [0.15, 0.2) is 64.6 Å². The summed E-state index contributed by atoms with van der Waals surface area (Å²) in [5, 5.41) is 150. The Hall–Kier alpha value is -7.12. The van der Waals surface area contributed by atoms with Gasteiger partial charge in [-0.15, -0.1) is 0 Å². The van der Waals surface area contributed by atoms with Gasteiger partial charge >= 0.3 is 0 Å². The third-order valence-electron chi connectivity index (χ3n) is 18.8. The zero-order valence-electron chi connectivity index (χ0n) is 52.5. The van der Waals surface area contributed by atoms with E-state index >= 15 is 9.59 Å². The molecule has 1 aliphatic carbocycles. The van der Waals surface area contributed by atoms with Crippen LogP contribution in [-0.2, 0) is 63.6 Å². The molecule has 25 atom stereocenters. The number of aliphatic hydroxyl groups excluding tert-OH is 12. The van der Waals surface area contributed by atoms with E-state index in [9.17, 15) is 80.5 Å². The highest BCUT2D eigenvalue weighted by atomic mass is 16.8. The summed E-state index contributed by atoms with van der Waals surface area (Å²) in [6.45, 7) is -3.04. The lowest BCUT2D eigenvalue weighted by molar-refractivity contribution is -0.407. The molecular formula is C60H86N12O25. The Balaban J connectivity index is 0.914. The highest BCUT2D eigenvalue weighted by molar-refractivity contribution is 5.98. The van der Waals surface area contributed by atoms with E-state index in [0.717, 1.165) is 24.2 Å². The van der Waals surface area contributed by atoms with E-state index < -0.39 is 239 Å². The van der Waals surface area contributed by atoms with Gasteiger partial charge in [0.1, 0.15) is 121 Å². The molecule has 536 valence electrons. The van der Waals surface area contributed by atoms with Crippen LogP contribution < -0.4 is 53.4 Å². The van der Waals surface area contributed by atoms with Crippen molar-refractivity contribution in [3.63, 3.8) is 0 Å². The van der Waals surface area contributed by atoms with Gasteiger partial charge in [-0.25, -0.2) is 0 Å². The fourth-order valence-corrected chi connectivity index (χ4v) is 13.2. The quantitative estimate of drug-likeness (QED) is 0.0742. The van der Waals surface area contributed by atoms with Gasteiger partial charge in [-0.3, -0.25) is 38.8 Å². The molecule has 23 N–H and O–H groups in total. The molecule has 8 aliphatic rings. The zero-order valence-corrected chi connectivity index (χ0v) is 52.5. The van der Waals surface area contributed by atoms with Gasteiger partial charge in [-0.2, -0.15) is 0 Å². The fraction of sp³-hybridized carbons (Fsp3) is 0.667. The average molecular weight is 1380 g/mol. The first-order chi connectivity index (χ1) is 46.3. The van der Waals surface area contributed by atoms with E-state index in [0.29, 0.717) is 18.4 Å². The van der Waals surface area contributed by atoms with E-state index in [1.807, 2.05) is 0 Å². The summed E-state index contributed by atoms with van der Waals surface area (Å²) in [4.78, 5) is 96.5. The number of rotatable bonds is 16. The smallest absolute Gasteiger partial charge is 0.246 e. The van der Waals surface area contributed by atoms with Crippen LogP contribution >= 0.6 is 0 Å². The van der Waals surface area contributed by atoms with E-state index in [2.05, 4.69) is 47.2 Å². The normalized spacial score (nSPS) is 38.0. The first-order valence-corrected chi connectivity index (χ1v) is 32.0. The van der Waals surface area contributed by atoms with Crippen LogP contribution in [0.1, 0.15) is 56.1 Å². The third kappa shape index (κ3) is 16.0. The minimum atomic E-state index is -2.34. The van der Waals surface area contributed by atoms with Crippen molar-refractivity contribution in [1.82, 2.24) is 42.1 Å². The molecule has 2 aromatic carbocycles. The first-order valence-electron chi connectivity index (χ1n) is 32.0. The minimum absolute atomic E-state index is 0.00577. The number of nitrogens with one attached hydrogen (secondary N) is 7.